The lowest BCUT2D eigenvalue weighted by molar-refractivity contribution is 0.326. The molecule has 5 heteroatoms. The third-order valence-electron chi connectivity index (χ3n) is 3.13. The molecule has 3 rings (SSSR count). The average Bonchev–Trinajstić information content (AvgIpc) is 2.53. The lowest BCUT2D eigenvalue weighted by atomic mass is 10.1. The van der Waals surface area contributed by atoms with E-state index in [1.54, 1.807) is 6.07 Å². The molecule has 21 heavy (non-hydrogen) atoms. The van der Waals surface area contributed by atoms with Crippen molar-refractivity contribution in [2.24, 2.45) is 0 Å². The maximum atomic E-state index is 5.37. The van der Waals surface area contributed by atoms with Crippen molar-refractivity contribution in [3.63, 3.8) is 0 Å². The molecule has 0 bridgehead atoms. The first-order valence-electron chi connectivity index (χ1n) is 6.88. The smallest absolute Gasteiger partial charge is 0.218 e. The van der Waals surface area contributed by atoms with Crippen molar-refractivity contribution >= 4 is 16.7 Å². The van der Waals surface area contributed by atoms with Crippen LogP contribution >= 0.6 is 0 Å². The van der Waals surface area contributed by atoms with E-state index in [1.807, 2.05) is 37.4 Å². The Balaban J connectivity index is 1.79. The van der Waals surface area contributed by atoms with Gasteiger partial charge in [0.15, 0.2) is 0 Å². The van der Waals surface area contributed by atoms with E-state index in [-0.39, 0.29) is 0 Å². The third kappa shape index (κ3) is 3.08. The molecular formula is C16H16N4O. The topological polar surface area (TPSA) is 59.9 Å². The van der Waals surface area contributed by atoms with Crippen LogP contribution in [0.4, 0.5) is 5.82 Å². The first-order valence-corrected chi connectivity index (χ1v) is 6.88. The zero-order chi connectivity index (χ0) is 14.5. The van der Waals surface area contributed by atoms with E-state index in [4.69, 9.17) is 4.74 Å². The van der Waals surface area contributed by atoms with Gasteiger partial charge in [0.05, 0.1) is 12.1 Å². The van der Waals surface area contributed by atoms with Crippen LogP contribution in [0, 0.1) is 0 Å². The summed E-state index contributed by atoms with van der Waals surface area (Å²) in [5.41, 5.74) is 2.17. The molecule has 0 radical (unpaired) electrons. The van der Waals surface area contributed by atoms with Crippen molar-refractivity contribution < 1.29 is 4.74 Å². The molecule has 0 fully saturated rings. The van der Waals surface area contributed by atoms with Crippen LogP contribution in [0.3, 0.4) is 0 Å². The van der Waals surface area contributed by atoms with Crippen molar-refractivity contribution in [2.75, 3.05) is 11.9 Å². The van der Waals surface area contributed by atoms with Gasteiger partial charge in [-0.25, -0.2) is 9.97 Å². The highest BCUT2D eigenvalue weighted by molar-refractivity contribution is 5.82. The quantitative estimate of drug-likeness (QED) is 0.778. The van der Waals surface area contributed by atoms with Crippen LogP contribution in [-0.4, -0.2) is 21.6 Å². The number of hydrogen-bond acceptors (Lipinski definition) is 5. The SMILES string of the molecule is CCOc1cc(NCc2ccnc3ccccc23)ncn1. The number of ether oxygens (including phenoxy) is 1. The minimum absolute atomic E-state index is 0.578. The van der Waals surface area contributed by atoms with E-state index in [9.17, 15) is 0 Å². The highest BCUT2D eigenvalue weighted by Gasteiger charge is 2.03. The second-order valence-corrected chi connectivity index (χ2v) is 4.52. The molecule has 1 N–H and O–H groups in total. The number of pyridine rings is 1. The molecule has 0 atom stereocenters. The second kappa shape index (κ2) is 6.17. The van der Waals surface area contributed by atoms with Gasteiger partial charge in [0.1, 0.15) is 12.1 Å². The van der Waals surface area contributed by atoms with Gasteiger partial charge < -0.3 is 10.1 Å². The Morgan fingerprint density at radius 1 is 1.10 bits per heavy atom. The van der Waals surface area contributed by atoms with Gasteiger partial charge in [0.2, 0.25) is 5.88 Å². The second-order valence-electron chi connectivity index (χ2n) is 4.52. The van der Waals surface area contributed by atoms with Crippen LogP contribution in [0.25, 0.3) is 10.9 Å². The Hall–Kier alpha value is -2.69. The molecule has 3 aromatic rings. The van der Waals surface area contributed by atoms with E-state index in [2.05, 4.69) is 26.3 Å². The predicted molar refractivity (Wildman–Crippen MR) is 82.3 cm³/mol. The Morgan fingerprint density at radius 2 is 2.00 bits per heavy atom. The standard InChI is InChI=1S/C16H16N4O/c1-2-21-16-9-15(19-11-20-16)18-10-12-7-8-17-14-6-4-3-5-13(12)14/h3-9,11H,2,10H2,1H3,(H,18,19,20). The maximum Gasteiger partial charge on any atom is 0.218 e. The number of para-hydroxylation sites is 1. The van der Waals surface area contributed by atoms with Crippen molar-refractivity contribution in [1.82, 2.24) is 15.0 Å². The van der Waals surface area contributed by atoms with Gasteiger partial charge in [-0.1, -0.05) is 18.2 Å². The average molecular weight is 280 g/mol. The Bertz CT molecular complexity index is 740. The molecule has 0 amide bonds. The fourth-order valence-electron chi connectivity index (χ4n) is 2.16. The molecule has 0 saturated carbocycles. The zero-order valence-electron chi connectivity index (χ0n) is 11.8. The maximum absolute atomic E-state index is 5.37. The summed E-state index contributed by atoms with van der Waals surface area (Å²) in [6.45, 7) is 3.19. The van der Waals surface area contributed by atoms with Crippen LogP contribution in [0.1, 0.15) is 12.5 Å². The molecule has 0 saturated heterocycles. The molecule has 0 aliphatic carbocycles. The van der Waals surface area contributed by atoms with Crippen molar-refractivity contribution in [3.05, 3.63) is 54.5 Å². The van der Waals surface area contributed by atoms with Gasteiger partial charge in [0, 0.05) is 24.2 Å². The first-order chi connectivity index (χ1) is 10.4. The van der Waals surface area contributed by atoms with Crippen molar-refractivity contribution in [3.8, 4) is 5.88 Å². The highest BCUT2D eigenvalue weighted by Crippen LogP contribution is 2.18. The number of nitrogens with zero attached hydrogens (tertiary/aromatic N) is 3. The number of rotatable bonds is 5. The number of aromatic nitrogens is 3. The fourth-order valence-corrected chi connectivity index (χ4v) is 2.16. The van der Waals surface area contributed by atoms with Gasteiger partial charge in [-0.05, 0) is 24.6 Å². The summed E-state index contributed by atoms with van der Waals surface area (Å²) >= 11 is 0. The summed E-state index contributed by atoms with van der Waals surface area (Å²) in [5.74, 6) is 1.32. The normalized spacial score (nSPS) is 10.5. The van der Waals surface area contributed by atoms with Gasteiger partial charge in [-0.15, -0.1) is 0 Å². The third-order valence-corrected chi connectivity index (χ3v) is 3.13. The fraction of sp³-hybridized carbons (Fsp3) is 0.188. The molecule has 0 unspecified atom stereocenters. The summed E-state index contributed by atoms with van der Waals surface area (Å²) < 4.78 is 5.37. The molecule has 2 aromatic heterocycles. The molecule has 0 spiro atoms. The van der Waals surface area contributed by atoms with Gasteiger partial charge in [0.25, 0.3) is 0 Å². The van der Waals surface area contributed by atoms with Crippen LogP contribution in [0.5, 0.6) is 5.88 Å². The highest BCUT2D eigenvalue weighted by atomic mass is 16.5. The molecule has 0 aliphatic rings. The Labute approximate surface area is 123 Å². The van der Waals surface area contributed by atoms with Crippen molar-refractivity contribution in [2.45, 2.75) is 13.5 Å². The van der Waals surface area contributed by atoms with E-state index in [1.165, 1.54) is 11.9 Å². The minimum Gasteiger partial charge on any atom is -0.478 e. The van der Waals surface area contributed by atoms with Gasteiger partial charge in [-0.2, -0.15) is 0 Å². The number of anilines is 1. The van der Waals surface area contributed by atoms with Crippen LogP contribution in [0.15, 0.2) is 48.9 Å². The summed E-state index contributed by atoms with van der Waals surface area (Å²) in [4.78, 5) is 12.6. The van der Waals surface area contributed by atoms with Gasteiger partial charge in [-0.3, -0.25) is 4.98 Å². The largest absolute Gasteiger partial charge is 0.478 e. The minimum atomic E-state index is 0.578. The van der Waals surface area contributed by atoms with E-state index >= 15 is 0 Å². The first kappa shape index (κ1) is 13.3. The molecule has 106 valence electrons. The molecule has 0 aliphatic heterocycles. The lowest BCUT2D eigenvalue weighted by Gasteiger charge is -2.09. The molecule has 5 nitrogen and oxygen atoms in total. The monoisotopic (exact) mass is 280 g/mol. The lowest BCUT2D eigenvalue weighted by Crippen LogP contribution is -2.03. The van der Waals surface area contributed by atoms with Crippen LogP contribution < -0.4 is 10.1 Å². The summed E-state index contributed by atoms with van der Waals surface area (Å²) in [6, 6.07) is 11.9. The van der Waals surface area contributed by atoms with Crippen LogP contribution in [0.2, 0.25) is 0 Å². The number of hydrogen-bond donors (Lipinski definition) is 1. The van der Waals surface area contributed by atoms with Crippen LogP contribution in [-0.2, 0) is 6.54 Å². The predicted octanol–water partition coefficient (Wildman–Crippen LogP) is 3.04. The molecule has 2 heterocycles. The van der Waals surface area contributed by atoms with E-state index in [0.717, 1.165) is 16.7 Å². The van der Waals surface area contributed by atoms with Gasteiger partial charge >= 0.3 is 0 Å². The van der Waals surface area contributed by atoms with E-state index in [0.29, 0.717) is 19.0 Å². The molecule has 1 aromatic carbocycles. The molecular weight excluding hydrogens is 264 g/mol. The summed E-state index contributed by atoms with van der Waals surface area (Å²) in [5, 5.41) is 4.44. The summed E-state index contributed by atoms with van der Waals surface area (Å²) in [6.07, 6.45) is 3.32. The Morgan fingerprint density at radius 3 is 2.90 bits per heavy atom. The number of fused-ring (bicyclic) bond motifs is 1. The van der Waals surface area contributed by atoms with Crippen molar-refractivity contribution in [1.29, 1.82) is 0 Å². The zero-order valence-corrected chi connectivity index (χ0v) is 11.8. The Kier molecular flexibility index (Phi) is 3.91. The number of nitrogens with one attached hydrogen (secondary N) is 1. The summed E-state index contributed by atoms with van der Waals surface area (Å²) in [7, 11) is 0. The van der Waals surface area contributed by atoms with E-state index < -0.39 is 0 Å². The number of benzene rings is 1.